The SMILES string of the molecule is Cc1ccc(Cl)cc1-c1cnn(CCN)c1C. The fraction of sp³-hybridized carbons (Fsp3) is 0.308. The molecule has 0 fully saturated rings. The van der Waals surface area contributed by atoms with Crippen molar-refractivity contribution in [2.45, 2.75) is 20.4 Å². The molecule has 0 saturated carbocycles. The maximum Gasteiger partial charge on any atom is 0.0571 e. The third-order valence-electron chi connectivity index (χ3n) is 2.93. The van der Waals surface area contributed by atoms with Gasteiger partial charge in [0.1, 0.15) is 0 Å². The van der Waals surface area contributed by atoms with Crippen LogP contribution in [0.4, 0.5) is 0 Å². The Morgan fingerprint density at radius 1 is 1.29 bits per heavy atom. The van der Waals surface area contributed by atoms with Gasteiger partial charge in [0.25, 0.3) is 0 Å². The summed E-state index contributed by atoms with van der Waals surface area (Å²) in [6.45, 7) is 5.46. The summed E-state index contributed by atoms with van der Waals surface area (Å²) < 4.78 is 1.93. The molecule has 1 aromatic heterocycles. The monoisotopic (exact) mass is 249 g/mol. The van der Waals surface area contributed by atoms with E-state index in [9.17, 15) is 0 Å². The van der Waals surface area contributed by atoms with Crippen molar-refractivity contribution in [1.29, 1.82) is 0 Å². The highest BCUT2D eigenvalue weighted by Crippen LogP contribution is 2.28. The quantitative estimate of drug-likeness (QED) is 0.909. The Labute approximate surface area is 106 Å². The Morgan fingerprint density at radius 3 is 2.76 bits per heavy atom. The van der Waals surface area contributed by atoms with Gasteiger partial charge in [-0.2, -0.15) is 5.10 Å². The van der Waals surface area contributed by atoms with Gasteiger partial charge in [-0.1, -0.05) is 17.7 Å². The van der Waals surface area contributed by atoms with E-state index in [1.165, 1.54) is 5.56 Å². The largest absolute Gasteiger partial charge is 0.329 e. The summed E-state index contributed by atoms with van der Waals surface area (Å²) in [5.74, 6) is 0. The minimum absolute atomic E-state index is 0.594. The fourth-order valence-corrected chi connectivity index (χ4v) is 2.12. The molecule has 0 atom stereocenters. The Balaban J connectivity index is 2.49. The summed E-state index contributed by atoms with van der Waals surface area (Å²) in [6.07, 6.45) is 1.88. The van der Waals surface area contributed by atoms with Gasteiger partial charge in [0.15, 0.2) is 0 Å². The molecule has 0 amide bonds. The number of hydrogen-bond donors (Lipinski definition) is 1. The zero-order valence-electron chi connectivity index (χ0n) is 10.1. The highest BCUT2D eigenvalue weighted by Gasteiger charge is 2.10. The van der Waals surface area contributed by atoms with E-state index < -0.39 is 0 Å². The number of nitrogens with zero attached hydrogens (tertiary/aromatic N) is 2. The van der Waals surface area contributed by atoms with E-state index in [2.05, 4.69) is 18.9 Å². The lowest BCUT2D eigenvalue weighted by Gasteiger charge is -2.07. The summed E-state index contributed by atoms with van der Waals surface area (Å²) in [5, 5.41) is 5.09. The standard InChI is InChI=1S/C13H16ClN3/c1-9-3-4-11(14)7-12(9)13-8-16-17(6-5-15)10(13)2/h3-4,7-8H,5-6,15H2,1-2H3. The van der Waals surface area contributed by atoms with Crippen LogP contribution in [0.3, 0.4) is 0 Å². The van der Waals surface area contributed by atoms with E-state index in [1.807, 2.05) is 29.1 Å². The molecule has 2 aromatic rings. The van der Waals surface area contributed by atoms with Gasteiger partial charge in [0.05, 0.1) is 12.7 Å². The second-order valence-corrected chi connectivity index (χ2v) is 4.55. The van der Waals surface area contributed by atoms with Crippen molar-refractivity contribution in [2.24, 2.45) is 5.73 Å². The van der Waals surface area contributed by atoms with Gasteiger partial charge in [-0.15, -0.1) is 0 Å². The Kier molecular flexibility index (Phi) is 3.50. The third-order valence-corrected chi connectivity index (χ3v) is 3.17. The van der Waals surface area contributed by atoms with Crippen LogP contribution in [0.2, 0.25) is 5.02 Å². The number of nitrogens with two attached hydrogens (primary N) is 1. The van der Waals surface area contributed by atoms with Crippen LogP contribution >= 0.6 is 11.6 Å². The lowest BCUT2D eigenvalue weighted by molar-refractivity contribution is 0.608. The van der Waals surface area contributed by atoms with Crippen LogP contribution in [0.15, 0.2) is 24.4 Å². The molecule has 2 N–H and O–H groups in total. The summed E-state index contributed by atoms with van der Waals surface area (Å²) in [5.41, 5.74) is 10.1. The number of aryl methyl sites for hydroxylation is 1. The lowest BCUT2D eigenvalue weighted by atomic mass is 10.0. The van der Waals surface area contributed by atoms with Crippen molar-refractivity contribution in [3.63, 3.8) is 0 Å². The molecule has 4 heteroatoms. The molecule has 0 spiro atoms. The van der Waals surface area contributed by atoms with Crippen molar-refractivity contribution in [2.75, 3.05) is 6.54 Å². The molecule has 1 heterocycles. The van der Waals surface area contributed by atoms with Gasteiger partial charge in [0.2, 0.25) is 0 Å². The van der Waals surface area contributed by atoms with Gasteiger partial charge in [-0.3, -0.25) is 4.68 Å². The zero-order chi connectivity index (χ0) is 12.4. The topological polar surface area (TPSA) is 43.8 Å². The van der Waals surface area contributed by atoms with Gasteiger partial charge in [0, 0.05) is 22.8 Å². The minimum atomic E-state index is 0.594. The van der Waals surface area contributed by atoms with Gasteiger partial charge < -0.3 is 5.73 Å². The van der Waals surface area contributed by atoms with Gasteiger partial charge >= 0.3 is 0 Å². The molecule has 0 aliphatic rings. The van der Waals surface area contributed by atoms with Crippen LogP contribution in [0.25, 0.3) is 11.1 Å². The van der Waals surface area contributed by atoms with Crippen molar-refractivity contribution >= 4 is 11.6 Å². The zero-order valence-corrected chi connectivity index (χ0v) is 10.8. The lowest BCUT2D eigenvalue weighted by Crippen LogP contribution is -2.12. The number of rotatable bonds is 3. The maximum atomic E-state index is 6.04. The molecule has 0 unspecified atom stereocenters. The molecule has 1 aromatic carbocycles. The van der Waals surface area contributed by atoms with Crippen LogP contribution in [-0.4, -0.2) is 16.3 Å². The predicted octanol–water partition coefficient (Wildman–Crippen LogP) is 2.78. The van der Waals surface area contributed by atoms with Crippen molar-refractivity contribution in [1.82, 2.24) is 9.78 Å². The van der Waals surface area contributed by atoms with Crippen LogP contribution < -0.4 is 5.73 Å². The predicted molar refractivity (Wildman–Crippen MR) is 71.2 cm³/mol. The maximum absolute atomic E-state index is 6.04. The Bertz CT molecular complexity index is 531. The average molecular weight is 250 g/mol. The molecule has 3 nitrogen and oxygen atoms in total. The van der Waals surface area contributed by atoms with Crippen molar-refractivity contribution < 1.29 is 0 Å². The van der Waals surface area contributed by atoms with Crippen molar-refractivity contribution in [3.8, 4) is 11.1 Å². The first kappa shape index (κ1) is 12.1. The normalized spacial score (nSPS) is 10.8. The molecule has 17 heavy (non-hydrogen) atoms. The van der Waals surface area contributed by atoms with Crippen LogP contribution in [-0.2, 0) is 6.54 Å². The van der Waals surface area contributed by atoms with E-state index >= 15 is 0 Å². The van der Waals surface area contributed by atoms with Crippen molar-refractivity contribution in [3.05, 3.63) is 40.7 Å². The molecule has 0 aliphatic heterocycles. The Morgan fingerprint density at radius 2 is 2.06 bits per heavy atom. The number of benzene rings is 1. The van der Waals surface area contributed by atoms with Gasteiger partial charge in [-0.25, -0.2) is 0 Å². The highest BCUT2D eigenvalue weighted by atomic mass is 35.5. The first-order valence-corrected chi connectivity index (χ1v) is 6.00. The van der Waals surface area contributed by atoms with E-state index in [1.54, 1.807) is 0 Å². The van der Waals surface area contributed by atoms with Crippen LogP contribution in [0.5, 0.6) is 0 Å². The number of aromatic nitrogens is 2. The van der Waals surface area contributed by atoms with Crippen LogP contribution in [0.1, 0.15) is 11.3 Å². The van der Waals surface area contributed by atoms with Crippen LogP contribution in [0, 0.1) is 13.8 Å². The molecular weight excluding hydrogens is 234 g/mol. The summed E-state index contributed by atoms with van der Waals surface area (Å²) in [4.78, 5) is 0. The number of halogens is 1. The molecule has 0 radical (unpaired) electrons. The third kappa shape index (κ3) is 2.35. The van der Waals surface area contributed by atoms with Gasteiger partial charge in [-0.05, 0) is 37.1 Å². The second-order valence-electron chi connectivity index (χ2n) is 4.11. The first-order chi connectivity index (χ1) is 8.13. The first-order valence-electron chi connectivity index (χ1n) is 5.62. The average Bonchev–Trinajstić information content (AvgIpc) is 2.65. The Hall–Kier alpha value is -1.32. The molecule has 0 aliphatic carbocycles. The molecule has 90 valence electrons. The van der Waals surface area contributed by atoms with E-state index in [0.717, 1.165) is 28.4 Å². The second kappa shape index (κ2) is 4.90. The van der Waals surface area contributed by atoms with E-state index in [0.29, 0.717) is 6.54 Å². The molecule has 0 saturated heterocycles. The molecular formula is C13H16ClN3. The molecule has 2 rings (SSSR count). The molecule has 0 bridgehead atoms. The fourth-order valence-electron chi connectivity index (χ4n) is 1.94. The summed E-state index contributed by atoms with van der Waals surface area (Å²) in [6, 6.07) is 5.91. The van der Waals surface area contributed by atoms with E-state index in [-0.39, 0.29) is 0 Å². The summed E-state index contributed by atoms with van der Waals surface area (Å²) in [7, 11) is 0. The minimum Gasteiger partial charge on any atom is -0.329 e. The van der Waals surface area contributed by atoms with E-state index in [4.69, 9.17) is 17.3 Å². The number of hydrogen-bond acceptors (Lipinski definition) is 2. The summed E-state index contributed by atoms with van der Waals surface area (Å²) >= 11 is 6.04. The smallest absolute Gasteiger partial charge is 0.0571 e. The highest BCUT2D eigenvalue weighted by molar-refractivity contribution is 6.30.